The third kappa shape index (κ3) is 1.43. The molecule has 0 atom stereocenters. The molecule has 0 bridgehead atoms. The van der Waals surface area contributed by atoms with Crippen molar-refractivity contribution in [3.8, 4) is 0 Å². The lowest BCUT2D eigenvalue weighted by atomic mass is 10.1. The van der Waals surface area contributed by atoms with E-state index in [1.807, 2.05) is 0 Å². The van der Waals surface area contributed by atoms with Gasteiger partial charge in [0.05, 0.1) is 4.47 Å². The summed E-state index contributed by atoms with van der Waals surface area (Å²) in [6.07, 6.45) is 0. The third-order valence-corrected chi connectivity index (χ3v) is 2.51. The summed E-state index contributed by atoms with van der Waals surface area (Å²) in [5, 5.41) is 0. The van der Waals surface area contributed by atoms with Gasteiger partial charge in [-0.05, 0) is 41.4 Å². The topological polar surface area (TPSA) is 0 Å². The molecule has 1 aromatic carbocycles. The monoisotopic (exact) mass is 220 g/mol. The van der Waals surface area contributed by atoms with Crippen LogP contribution in [0.25, 0.3) is 0 Å². The van der Waals surface area contributed by atoms with Crippen LogP contribution in [0.1, 0.15) is 11.1 Å². The number of benzene rings is 1. The van der Waals surface area contributed by atoms with Crippen LogP contribution in [0.4, 0.5) is 8.78 Å². The summed E-state index contributed by atoms with van der Waals surface area (Å²) in [4.78, 5) is 0. The SMILES string of the molecule is Cc1cc(F)c(C)c(Br)c1F. The first-order valence-corrected chi connectivity index (χ1v) is 3.94. The predicted molar refractivity (Wildman–Crippen MR) is 43.5 cm³/mol. The van der Waals surface area contributed by atoms with Gasteiger partial charge < -0.3 is 0 Å². The van der Waals surface area contributed by atoms with Crippen molar-refractivity contribution < 1.29 is 8.78 Å². The van der Waals surface area contributed by atoms with E-state index < -0.39 is 0 Å². The smallest absolute Gasteiger partial charge is 0.140 e. The Labute approximate surface area is 72.4 Å². The Bertz CT molecular complexity index is 268. The summed E-state index contributed by atoms with van der Waals surface area (Å²) < 4.78 is 26.0. The molecule has 0 spiro atoms. The largest absolute Gasteiger partial charge is 0.207 e. The standard InChI is InChI=1S/C8H7BrF2/c1-4-3-6(10)5(2)7(9)8(4)11/h3H,1-2H3. The molecular weight excluding hydrogens is 214 g/mol. The normalized spacial score (nSPS) is 10.3. The average molecular weight is 221 g/mol. The molecule has 0 fully saturated rings. The lowest BCUT2D eigenvalue weighted by molar-refractivity contribution is 0.579. The van der Waals surface area contributed by atoms with Crippen molar-refractivity contribution in [3.63, 3.8) is 0 Å². The van der Waals surface area contributed by atoms with Gasteiger partial charge in [-0.1, -0.05) is 0 Å². The predicted octanol–water partition coefficient (Wildman–Crippen LogP) is 3.34. The molecule has 60 valence electrons. The van der Waals surface area contributed by atoms with Crippen LogP contribution in [0.5, 0.6) is 0 Å². The molecule has 1 rings (SSSR count). The fourth-order valence-corrected chi connectivity index (χ4v) is 1.31. The minimum absolute atomic E-state index is 0.218. The molecule has 0 N–H and O–H groups in total. The van der Waals surface area contributed by atoms with E-state index in [9.17, 15) is 8.78 Å². The van der Waals surface area contributed by atoms with Crippen LogP contribution in [0.3, 0.4) is 0 Å². The molecule has 0 unspecified atom stereocenters. The van der Waals surface area contributed by atoms with E-state index in [-0.39, 0.29) is 16.1 Å². The molecule has 0 saturated carbocycles. The van der Waals surface area contributed by atoms with Gasteiger partial charge >= 0.3 is 0 Å². The van der Waals surface area contributed by atoms with E-state index in [1.54, 1.807) is 0 Å². The van der Waals surface area contributed by atoms with E-state index in [0.717, 1.165) is 0 Å². The number of rotatable bonds is 0. The first-order valence-electron chi connectivity index (χ1n) is 3.14. The quantitative estimate of drug-likeness (QED) is 0.589. The molecular formula is C8H7BrF2. The van der Waals surface area contributed by atoms with E-state index >= 15 is 0 Å². The molecule has 0 saturated heterocycles. The first kappa shape index (κ1) is 8.65. The van der Waals surface area contributed by atoms with Gasteiger partial charge in [0.15, 0.2) is 0 Å². The second-order valence-corrected chi connectivity index (χ2v) is 3.22. The van der Waals surface area contributed by atoms with Gasteiger partial charge in [0, 0.05) is 5.56 Å². The lowest BCUT2D eigenvalue weighted by Crippen LogP contribution is -1.92. The fraction of sp³-hybridized carbons (Fsp3) is 0.250. The Morgan fingerprint density at radius 2 is 1.82 bits per heavy atom. The molecule has 0 radical (unpaired) electrons. The van der Waals surface area contributed by atoms with Crippen molar-refractivity contribution in [1.29, 1.82) is 0 Å². The molecule has 11 heavy (non-hydrogen) atoms. The zero-order valence-electron chi connectivity index (χ0n) is 6.21. The minimum Gasteiger partial charge on any atom is -0.207 e. The van der Waals surface area contributed by atoms with E-state index in [4.69, 9.17) is 0 Å². The van der Waals surface area contributed by atoms with Gasteiger partial charge in [-0.2, -0.15) is 0 Å². The molecule has 3 heteroatoms. The van der Waals surface area contributed by atoms with E-state index in [1.165, 1.54) is 19.9 Å². The molecule has 0 heterocycles. The van der Waals surface area contributed by atoms with Crippen LogP contribution in [-0.4, -0.2) is 0 Å². The number of aryl methyl sites for hydroxylation is 1. The summed E-state index contributed by atoms with van der Waals surface area (Å²) in [5.74, 6) is -0.764. The van der Waals surface area contributed by atoms with Crippen LogP contribution < -0.4 is 0 Å². The zero-order valence-corrected chi connectivity index (χ0v) is 7.80. The molecule has 0 aromatic heterocycles. The Hall–Kier alpha value is -0.440. The molecule has 0 aliphatic heterocycles. The van der Waals surface area contributed by atoms with Gasteiger partial charge in [0.2, 0.25) is 0 Å². The first-order chi connectivity index (χ1) is 5.04. The fourth-order valence-electron chi connectivity index (χ4n) is 0.804. The van der Waals surface area contributed by atoms with Crippen molar-refractivity contribution in [2.45, 2.75) is 13.8 Å². The molecule has 0 aliphatic rings. The molecule has 0 amide bonds. The zero-order chi connectivity index (χ0) is 8.59. The maximum Gasteiger partial charge on any atom is 0.140 e. The second-order valence-electron chi connectivity index (χ2n) is 2.43. The Morgan fingerprint density at radius 3 is 2.36 bits per heavy atom. The highest BCUT2D eigenvalue weighted by Gasteiger charge is 2.09. The van der Waals surface area contributed by atoms with Crippen molar-refractivity contribution in [3.05, 3.63) is 33.3 Å². The average Bonchev–Trinajstić information content (AvgIpc) is 1.97. The van der Waals surface area contributed by atoms with E-state index in [2.05, 4.69) is 15.9 Å². The van der Waals surface area contributed by atoms with Crippen LogP contribution >= 0.6 is 15.9 Å². The van der Waals surface area contributed by atoms with Crippen LogP contribution in [0.2, 0.25) is 0 Å². The summed E-state index contributed by atoms with van der Waals surface area (Å²) in [5.41, 5.74) is 0.632. The van der Waals surface area contributed by atoms with Crippen LogP contribution in [0.15, 0.2) is 10.5 Å². The van der Waals surface area contributed by atoms with Gasteiger partial charge in [0.25, 0.3) is 0 Å². The summed E-state index contributed by atoms with van der Waals surface area (Å²) in [6.45, 7) is 3.06. The second kappa shape index (κ2) is 2.89. The Morgan fingerprint density at radius 1 is 1.27 bits per heavy atom. The maximum absolute atomic E-state index is 13.0. The lowest BCUT2D eigenvalue weighted by Gasteiger charge is -2.03. The van der Waals surface area contributed by atoms with Crippen molar-refractivity contribution in [2.75, 3.05) is 0 Å². The highest BCUT2D eigenvalue weighted by atomic mass is 79.9. The number of hydrogen-bond donors (Lipinski definition) is 0. The number of halogens is 3. The minimum atomic E-state index is -0.385. The van der Waals surface area contributed by atoms with Crippen LogP contribution in [-0.2, 0) is 0 Å². The van der Waals surface area contributed by atoms with Crippen molar-refractivity contribution >= 4 is 15.9 Å². The van der Waals surface area contributed by atoms with Gasteiger partial charge in [-0.25, -0.2) is 8.78 Å². The molecule has 0 nitrogen and oxygen atoms in total. The van der Waals surface area contributed by atoms with Gasteiger partial charge in [-0.3, -0.25) is 0 Å². The summed E-state index contributed by atoms with van der Waals surface area (Å²) in [7, 11) is 0. The Kier molecular flexibility index (Phi) is 2.28. The summed E-state index contributed by atoms with van der Waals surface area (Å²) >= 11 is 2.97. The third-order valence-electron chi connectivity index (χ3n) is 1.57. The van der Waals surface area contributed by atoms with Gasteiger partial charge in [0.1, 0.15) is 11.6 Å². The highest BCUT2D eigenvalue weighted by molar-refractivity contribution is 9.10. The molecule has 1 aromatic rings. The summed E-state index contributed by atoms with van der Waals surface area (Å²) in [6, 6.07) is 1.19. The Balaban J connectivity index is 3.46. The van der Waals surface area contributed by atoms with Crippen molar-refractivity contribution in [1.82, 2.24) is 0 Å². The van der Waals surface area contributed by atoms with Crippen molar-refractivity contribution in [2.24, 2.45) is 0 Å². The highest BCUT2D eigenvalue weighted by Crippen LogP contribution is 2.24. The van der Waals surface area contributed by atoms with Gasteiger partial charge in [-0.15, -0.1) is 0 Å². The maximum atomic E-state index is 13.0. The number of hydrogen-bond acceptors (Lipinski definition) is 0. The van der Waals surface area contributed by atoms with Crippen LogP contribution in [0, 0.1) is 25.5 Å². The molecule has 0 aliphatic carbocycles. The van der Waals surface area contributed by atoms with E-state index in [0.29, 0.717) is 11.1 Å².